The van der Waals surface area contributed by atoms with Crippen LogP contribution in [0.2, 0.25) is 0 Å². The highest BCUT2D eigenvalue weighted by Crippen LogP contribution is 2.41. The molecule has 0 spiro atoms. The molecule has 0 N–H and O–H groups in total. The second kappa shape index (κ2) is 9.93. The summed E-state index contributed by atoms with van der Waals surface area (Å²) < 4.78 is 12.1. The summed E-state index contributed by atoms with van der Waals surface area (Å²) in [5.41, 5.74) is 2.98. The van der Waals surface area contributed by atoms with Crippen molar-refractivity contribution in [1.82, 2.24) is 4.98 Å². The molecule has 0 aliphatic rings. The zero-order valence-electron chi connectivity index (χ0n) is 15.3. The number of hydrogen-bond acceptors (Lipinski definition) is 5. The number of rotatable bonds is 10. The van der Waals surface area contributed by atoms with Gasteiger partial charge in [0.2, 0.25) is 5.89 Å². The van der Waals surface area contributed by atoms with Crippen molar-refractivity contribution in [3.05, 3.63) is 60.0 Å². The first kappa shape index (κ1) is 19.2. The van der Waals surface area contributed by atoms with Gasteiger partial charge in [-0.05, 0) is 54.2 Å². The average Bonchev–Trinajstić information content (AvgIpc) is 3.10. The predicted octanol–water partition coefficient (Wildman–Crippen LogP) is 6.69. The summed E-state index contributed by atoms with van der Waals surface area (Å²) in [6, 6.07) is 16.2. The molecule has 0 radical (unpaired) electrons. The smallest absolute Gasteiger partial charge is 0.233 e. The Morgan fingerprint density at radius 3 is 2.50 bits per heavy atom. The first-order chi connectivity index (χ1) is 12.8. The maximum Gasteiger partial charge on any atom is 0.233 e. The van der Waals surface area contributed by atoms with Gasteiger partial charge in [0, 0.05) is 0 Å². The summed E-state index contributed by atoms with van der Waals surface area (Å²) in [5.74, 6) is 3.82. The molecule has 3 rings (SSSR count). The van der Waals surface area contributed by atoms with Gasteiger partial charge in [-0.2, -0.15) is 0 Å². The van der Waals surface area contributed by atoms with Crippen molar-refractivity contribution in [2.45, 2.75) is 37.9 Å². The number of oxazole rings is 1. The van der Waals surface area contributed by atoms with E-state index in [0.717, 1.165) is 16.8 Å². The van der Waals surface area contributed by atoms with Crippen molar-refractivity contribution in [3.63, 3.8) is 0 Å². The fraction of sp³-hybridized carbons (Fsp3) is 0.381. The van der Waals surface area contributed by atoms with E-state index in [-0.39, 0.29) is 0 Å². The number of benzene rings is 2. The number of hydrogen-bond donors (Lipinski definition) is 0. The Morgan fingerprint density at radius 2 is 1.77 bits per heavy atom. The minimum Gasteiger partial charge on any atom is -0.484 e. The van der Waals surface area contributed by atoms with E-state index < -0.39 is 0 Å². The Hall–Kier alpha value is -1.59. The van der Waals surface area contributed by atoms with E-state index >= 15 is 0 Å². The van der Waals surface area contributed by atoms with E-state index in [9.17, 15) is 0 Å². The molecule has 0 amide bonds. The van der Waals surface area contributed by atoms with Gasteiger partial charge in [0.25, 0.3) is 0 Å². The van der Waals surface area contributed by atoms with Crippen molar-refractivity contribution in [3.8, 4) is 5.75 Å². The molecule has 0 atom stereocenters. The quantitative estimate of drug-likeness (QED) is 0.362. The Balaban J connectivity index is 1.67. The molecule has 0 aliphatic carbocycles. The average molecular weight is 388 g/mol. The SMILES string of the molecule is CCCSC(SCCC)c1cccc(OCc2nc3ccccc3o2)c1. The van der Waals surface area contributed by atoms with Crippen LogP contribution >= 0.6 is 23.5 Å². The second-order valence-electron chi connectivity index (χ2n) is 6.01. The lowest BCUT2D eigenvalue weighted by Crippen LogP contribution is -1.98. The Morgan fingerprint density at radius 1 is 1.00 bits per heavy atom. The molecular weight excluding hydrogens is 362 g/mol. The molecule has 0 unspecified atom stereocenters. The third-order valence-corrected chi connectivity index (χ3v) is 7.03. The summed E-state index contributed by atoms with van der Waals surface area (Å²) >= 11 is 4.03. The van der Waals surface area contributed by atoms with Crippen molar-refractivity contribution in [2.75, 3.05) is 11.5 Å². The van der Waals surface area contributed by atoms with Gasteiger partial charge < -0.3 is 9.15 Å². The molecule has 138 valence electrons. The van der Waals surface area contributed by atoms with E-state index in [4.69, 9.17) is 9.15 Å². The number of ether oxygens (including phenoxy) is 1. The molecule has 3 nitrogen and oxygen atoms in total. The molecule has 3 aromatic rings. The van der Waals surface area contributed by atoms with Gasteiger partial charge in [-0.3, -0.25) is 0 Å². The zero-order valence-corrected chi connectivity index (χ0v) is 16.9. The molecule has 0 saturated heterocycles. The predicted molar refractivity (Wildman–Crippen MR) is 113 cm³/mol. The van der Waals surface area contributed by atoms with Crippen LogP contribution in [0.15, 0.2) is 52.9 Å². The van der Waals surface area contributed by atoms with Crippen LogP contribution in [0.4, 0.5) is 0 Å². The molecule has 26 heavy (non-hydrogen) atoms. The normalized spacial score (nSPS) is 11.3. The highest BCUT2D eigenvalue weighted by Gasteiger charge is 2.13. The van der Waals surface area contributed by atoms with Crippen LogP contribution < -0.4 is 4.74 Å². The summed E-state index contributed by atoms with van der Waals surface area (Å²) in [7, 11) is 0. The summed E-state index contributed by atoms with van der Waals surface area (Å²) in [4.78, 5) is 4.47. The van der Waals surface area contributed by atoms with Crippen LogP contribution in [0.5, 0.6) is 5.75 Å². The van der Waals surface area contributed by atoms with Crippen LogP contribution in [0.25, 0.3) is 11.1 Å². The zero-order chi connectivity index (χ0) is 18.2. The number of thioether (sulfide) groups is 2. The third kappa shape index (κ3) is 5.21. The minimum atomic E-state index is 0.340. The highest BCUT2D eigenvalue weighted by atomic mass is 32.2. The molecule has 0 fully saturated rings. The van der Waals surface area contributed by atoms with Crippen LogP contribution in [0, 0.1) is 0 Å². The number of aromatic nitrogens is 1. The van der Waals surface area contributed by atoms with Gasteiger partial charge in [0.05, 0.1) is 4.58 Å². The lowest BCUT2D eigenvalue weighted by atomic mass is 10.2. The maximum absolute atomic E-state index is 5.95. The van der Waals surface area contributed by atoms with Crippen LogP contribution in [0.3, 0.4) is 0 Å². The first-order valence-electron chi connectivity index (χ1n) is 9.10. The fourth-order valence-electron chi connectivity index (χ4n) is 2.57. The summed E-state index contributed by atoms with van der Waals surface area (Å²) in [5, 5.41) is 0. The van der Waals surface area contributed by atoms with Gasteiger partial charge in [0.1, 0.15) is 11.3 Å². The Labute approximate surface area is 163 Å². The molecule has 1 aromatic heterocycles. The van der Waals surface area contributed by atoms with Gasteiger partial charge >= 0.3 is 0 Å². The Kier molecular flexibility index (Phi) is 7.32. The lowest BCUT2D eigenvalue weighted by Gasteiger charge is -2.17. The van der Waals surface area contributed by atoms with Crippen molar-refractivity contribution < 1.29 is 9.15 Å². The molecule has 2 aromatic carbocycles. The summed E-state index contributed by atoms with van der Waals surface area (Å²) in [6.07, 6.45) is 2.39. The topological polar surface area (TPSA) is 35.3 Å². The molecule has 0 bridgehead atoms. The summed E-state index contributed by atoms with van der Waals surface area (Å²) in [6.45, 7) is 4.80. The molecule has 0 aliphatic heterocycles. The Bertz CT molecular complexity index is 777. The second-order valence-corrected chi connectivity index (χ2v) is 8.73. The molecule has 0 saturated carbocycles. The third-order valence-electron chi connectivity index (χ3n) is 3.78. The minimum absolute atomic E-state index is 0.340. The fourth-order valence-corrected chi connectivity index (χ4v) is 5.11. The first-order valence-corrected chi connectivity index (χ1v) is 11.2. The molecule has 5 heteroatoms. The molecule has 1 heterocycles. The van der Waals surface area contributed by atoms with E-state index in [1.165, 1.54) is 29.9 Å². The lowest BCUT2D eigenvalue weighted by molar-refractivity contribution is 0.267. The van der Waals surface area contributed by atoms with Crippen LogP contribution in [-0.4, -0.2) is 16.5 Å². The van der Waals surface area contributed by atoms with E-state index in [1.807, 2.05) is 53.9 Å². The van der Waals surface area contributed by atoms with Crippen molar-refractivity contribution >= 4 is 34.6 Å². The van der Waals surface area contributed by atoms with Gasteiger partial charge in [0.15, 0.2) is 12.2 Å². The number of fused-ring (bicyclic) bond motifs is 1. The number of nitrogens with zero attached hydrogens (tertiary/aromatic N) is 1. The van der Waals surface area contributed by atoms with Crippen LogP contribution in [0.1, 0.15) is 42.7 Å². The van der Waals surface area contributed by atoms with E-state index in [0.29, 0.717) is 17.1 Å². The highest BCUT2D eigenvalue weighted by molar-refractivity contribution is 8.16. The van der Waals surface area contributed by atoms with E-state index in [2.05, 4.69) is 37.0 Å². The van der Waals surface area contributed by atoms with Gasteiger partial charge in [-0.15, -0.1) is 23.5 Å². The van der Waals surface area contributed by atoms with Crippen molar-refractivity contribution in [1.29, 1.82) is 0 Å². The standard InChI is InChI=1S/C21H25NO2S2/c1-3-12-25-21(26-13-4-2)16-8-7-9-17(14-16)23-15-20-22-18-10-5-6-11-19(18)24-20/h5-11,14,21H,3-4,12-13,15H2,1-2H3. The maximum atomic E-state index is 5.95. The van der Waals surface area contributed by atoms with Crippen molar-refractivity contribution in [2.24, 2.45) is 0 Å². The van der Waals surface area contributed by atoms with E-state index in [1.54, 1.807) is 0 Å². The van der Waals surface area contributed by atoms with Gasteiger partial charge in [-0.25, -0.2) is 4.98 Å². The van der Waals surface area contributed by atoms with Crippen LogP contribution in [-0.2, 0) is 6.61 Å². The largest absolute Gasteiger partial charge is 0.484 e. The molecular formula is C21H25NO2S2. The van der Waals surface area contributed by atoms with Gasteiger partial charge in [-0.1, -0.05) is 38.1 Å². The number of para-hydroxylation sites is 2. The monoisotopic (exact) mass is 387 g/mol.